The van der Waals surface area contributed by atoms with E-state index in [1.165, 1.54) is 0 Å². The van der Waals surface area contributed by atoms with Crippen LogP contribution in [0.3, 0.4) is 0 Å². The van der Waals surface area contributed by atoms with Gasteiger partial charge in [-0.05, 0) is 6.92 Å². The lowest BCUT2D eigenvalue weighted by Crippen LogP contribution is -2.14. The minimum atomic E-state index is -1.79. The van der Waals surface area contributed by atoms with E-state index >= 15 is 0 Å². The zero-order chi connectivity index (χ0) is 5.15. The summed E-state index contributed by atoms with van der Waals surface area (Å²) in [6.07, 6.45) is -1.79. The Morgan fingerprint density at radius 2 is 1.71 bits per heavy atom. The second kappa shape index (κ2) is 3.77. The zero-order valence-corrected chi connectivity index (χ0v) is 3.88. The fourth-order valence-corrected chi connectivity index (χ4v) is 0. The van der Waals surface area contributed by atoms with Gasteiger partial charge < -0.3 is 10.2 Å². The molecule has 0 unspecified atom stereocenters. The second-order valence-corrected chi connectivity index (χ2v) is 0.984. The fraction of sp³-hybridized carbons (Fsp3) is 0.500. The lowest BCUT2D eigenvalue weighted by molar-refractivity contribution is -0.142. The number of rotatable bonds is 1. The number of aliphatic hydroxyl groups excluding tert-OH is 1. The number of hydrogen-bond acceptors (Lipinski definition) is 3. The molecule has 0 aromatic carbocycles. The van der Waals surface area contributed by atoms with Crippen molar-refractivity contribution < 1.29 is 15.0 Å². The van der Waals surface area contributed by atoms with Crippen LogP contribution in [0.1, 0.15) is 6.92 Å². The van der Waals surface area contributed by atoms with Gasteiger partial charge in [-0.25, -0.2) is 0 Å². The van der Waals surface area contributed by atoms with Crippen LogP contribution in [0.25, 0.3) is 0 Å². The topological polar surface area (TPSA) is 57.5 Å². The third-order valence-electron chi connectivity index (χ3n) is 0.364. The molecule has 0 heterocycles. The molecule has 0 bridgehead atoms. The molecular weight excluding hydrogens is 96.0 g/mol. The Morgan fingerprint density at radius 3 is 1.71 bits per heavy atom. The summed E-state index contributed by atoms with van der Waals surface area (Å²) < 4.78 is 0. The summed E-state index contributed by atoms with van der Waals surface area (Å²) in [7, 11) is 0. The van der Waals surface area contributed by atoms with Gasteiger partial charge in [0.2, 0.25) is 6.29 Å². The Bertz CT molecular complexity index is 58.0. The summed E-state index contributed by atoms with van der Waals surface area (Å²) in [6.45, 7) is 1.10. The van der Waals surface area contributed by atoms with Crippen LogP contribution >= 0.6 is 0 Å². The summed E-state index contributed by atoms with van der Waals surface area (Å²) in [5, 5.41) is 15.7. The van der Waals surface area contributed by atoms with Crippen molar-refractivity contribution in [2.75, 3.05) is 0 Å². The smallest absolute Gasteiger partial charge is 0.212 e. The largest absolute Gasteiger partial charge is 0.362 e. The molecule has 0 aliphatic heterocycles. The highest BCUT2D eigenvalue weighted by Crippen LogP contribution is 1.72. The molecule has 0 aliphatic carbocycles. The number of carbonyl (C=O) groups is 1. The molecule has 0 saturated carbocycles. The Balaban J connectivity index is 0. The maximum absolute atomic E-state index is 9.64. The minimum absolute atomic E-state index is 0. The molecule has 0 aromatic heterocycles. The van der Waals surface area contributed by atoms with Crippen molar-refractivity contribution in [3.63, 3.8) is 0 Å². The highest BCUT2D eigenvalue weighted by molar-refractivity contribution is 5.78. The van der Waals surface area contributed by atoms with Crippen LogP contribution in [0.15, 0.2) is 0 Å². The summed E-state index contributed by atoms with van der Waals surface area (Å²) in [4.78, 5) is 9.64. The van der Waals surface area contributed by atoms with E-state index < -0.39 is 12.1 Å². The normalized spacial score (nSPS) is 8.00. The first kappa shape index (κ1) is 9.77. The lowest BCUT2D eigenvalue weighted by atomic mass is 10.4. The Labute approximate surface area is 42.6 Å². The van der Waals surface area contributed by atoms with Crippen molar-refractivity contribution in [3.05, 3.63) is 7.43 Å². The van der Waals surface area contributed by atoms with Crippen LogP contribution in [0.2, 0.25) is 0 Å². The van der Waals surface area contributed by atoms with E-state index in [1.807, 2.05) is 0 Å². The molecule has 2 N–H and O–H groups in total. The van der Waals surface area contributed by atoms with Crippen molar-refractivity contribution >= 4 is 5.78 Å². The monoisotopic (exact) mass is 102 g/mol. The maximum atomic E-state index is 9.64. The van der Waals surface area contributed by atoms with Gasteiger partial charge in [-0.1, -0.05) is 0 Å². The first-order chi connectivity index (χ1) is 2.64. The summed E-state index contributed by atoms with van der Waals surface area (Å²) in [6, 6.07) is 0. The number of ketones is 1. The highest BCUT2D eigenvalue weighted by atomic mass is 16.5. The van der Waals surface area contributed by atoms with Crippen LogP contribution in [-0.2, 0) is 4.79 Å². The Morgan fingerprint density at radius 1 is 1.57 bits per heavy atom. The average molecular weight is 102 g/mol. The number of Topliss-reactive ketones (excluding diaryl/α,β-unsaturated/α-hetero) is 1. The number of carbonyl (C=O) groups excluding carboxylic acids is 1. The highest BCUT2D eigenvalue weighted by Gasteiger charge is 1.99. The van der Waals surface area contributed by atoms with Gasteiger partial charge >= 0.3 is 0 Å². The zero-order valence-electron chi connectivity index (χ0n) is 3.88. The molecule has 0 spiro atoms. The van der Waals surface area contributed by atoms with Crippen molar-refractivity contribution in [2.24, 2.45) is 0 Å². The van der Waals surface area contributed by atoms with Crippen molar-refractivity contribution in [3.8, 4) is 0 Å². The van der Waals surface area contributed by atoms with E-state index in [2.05, 4.69) is 0 Å². The van der Waals surface area contributed by atoms with Gasteiger partial charge in [0, 0.05) is 7.43 Å². The summed E-state index contributed by atoms with van der Waals surface area (Å²) in [5.41, 5.74) is 0. The molecule has 0 rings (SSSR count). The van der Waals surface area contributed by atoms with Gasteiger partial charge in [-0.2, -0.15) is 0 Å². The molecule has 0 aliphatic rings. The molecule has 0 saturated heterocycles. The van der Waals surface area contributed by atoms with Crippen LogP contribution < -0.4 is 0 Å². The van der Waals surface area contributed by atoms with E-state index in [0.29, 0.717) is 0 Å². The molecular formula is C4H6O3. The number of aliphatic hydroxyl groups is 2. The van der Waals surface area contributed by atoms with E-state index in [4.69, 9.17) is 10.2 Å². The van der Waals surface area contributed by atoms with Gasteiger partial charge in [0.05, 0.1) is 0 Å². The molecule has 0 fully saturated rings. The third-order valence-corrected chi connectivity index (χ3v) is 0.364. The first-order valence-electron chi connectivity index (χ1n) is 1.51. The lowest BCUT2D eigenvalue weighted by Gasteiger charge is -1.90. The quantitative estimate of drug-likeness (QED) is 0.416. The Hall–Kier alpha value is -0.410. The second-order valence-electron chi connectivity index (χ2n) is 0.984. The molecule has 3 heteroatoms. The van der Waals surface area contributed by atoms with Crippen LogP contribution in [0.4, 0.5) is 0 Å². The predicted octanol–water partition coefficient (Wildman–Crippen LogP) is -1.03. The fourth-order valence-electron chi connectivity index (χ4n) is 0. The maximum Gasteiger partial charge on any atom is 0.212 e. The minimum Gasteiger partial charge on any atom is -0.362 e. The van der Waals surface area contributed by atoms with E-state index in [1.54, 1.807) is 0 Å². The molecule has 7 heavy (non-hydrogen) atoms. The summed E-state index contributed by atoms with van der Waals surface area (Å²) >= 11 is 0. The average Bonchev–Trinajstić information content (AvgIpc) is 1.36. The SMILES string of the molecule is CC(=O)C(O)O.[C]. The predicted molar refractivity (Wildman–Crippen MR) is 22.1 cm³/mol. The molecule has 0 amide bonds. The van der Waals surface area contributed by atoms with Gasteiger partial charge in [-0.15, -0.1) is 0 Å². The van der Waals surface area contributed by atoms with Crippen molar-refractivity contribution in [1.82, 2.24) is 0 Å². The van der Waals surface area contributed by atoms with E-state index in [9.17, 15) is 4.79 Å². The van der Waals surface area contributed by atoms with E-state index in [-0.39, 0.29) is 7.43 Å². The van der Waals surface area contributed by atoms with Gasteiger partial charge in [0.25, 0.3) is 0 Å². The molecule has 0 aromatic rings. The van der Waals surface area contributed by atoms with Gasteiger partial charge in [0.1, 0.15) is 0 Å². The van der Waals surface area contributed by atoms with Crippen LogP contribution in [-0.4, -0.2) is 22.3 Å². The van der Waals surface area contributed by atoms with Gasteiger partial charge in [0.15, 0.2) is 5.78 Å². The standard InChI is InChI=1S/C3H6O3.C/c1-2(4)3(5)6;/h3,5-6H,1H3;. The van der Waals surface area contributed by atoms with Crippen molar-refractivity contribution in [2.45, 2.75) is 13.2 Å². The number of hydrogen-bond donors (Lipinski definition) is 2. The van der Waals surface area contributed by atoms with Crippen LogP contribution in [0.5, 0.6) is 0 Å². The first-order valence-corrected chi connectivity index (χ1v) is 1.51. The molecule has 40 valence electrons. The Kier molecular flexibility index (Phi) is 5.26. The molecule has 4 radical (unpaired) electrons. The van der Waals surface area contributed by atoms with Crippen molar-refractivity contribution in [1.29, 1.82) is 0 Å². The van der Waals surface area contributed by atoms with Crippen LogP contribution in [0, 0.1) is 7.43 Å². The molecule has 3 nitrogen and oxygen atoms in total. The van der Waals surface area contributed by atoms with Gasteiger partial charge in [-0.3, -0.25) is 4.79 Å². The summed E-state index contributed by atoms with van der Waals surface area (Å²) in [5.74, 6) is -0.630. The third kappa shape index (κ3) is 5.59. The molecule has 0 atom stereocenters. The van der Waals surface area contributed by atoms with E-state index in [0.717, 1.165) is 6.92 Å².